The number of likely N-dealkylation sites (tertiary alicyclic amines) is 1. The van der Waals surface area contributed by atoms with E-state index in [-0.39, 0.29) is 5.91 Å². The lowest BCUT2D eigenvalue weighted by atomic mass is 9.87. The molecule has 3 heteroatoms. The highest BCUT2D eigenvalue weighted by Crippen LogP contribution is 2.24. The first-order valence-electron chi connectivity index (χ1n) is 7.56. The fourth-order valence-corrected chi connectivity index (χ4v) is 2.41. The molecule has 1 heterocycles. The molecule has 3 nitrogen and oxygen atoms in total. The van der Waals surface area contributed by atoms with Crippen LogP contribution in [0.2, 0.25) is 0 Å². The second-order valence-corrected chi connectivity index (χ2v) is 5.26. The van der Waals surface area contributed by atoms with Gasteiger partial charge >= 0.3 is 0 Å². The Morgan fingerprint density at radius 3 is 2.28 bits per heavy atom. The molecule has 1 rings (SSSR count). The average molecular weight is 256 g/mol. The van der Waals surface area contributed by atoms with E-state index in [1.165, 1.54) is 25.9 Å². The molecule has 1 aliphatic heterocycles. The smallest absolute Gasteiger partial charge is 0.216 e. The van der Waals surface area contributed by atoms with E-state index in [0.29, 0.717) is 0 Å². The molecule has 1 amide bonds. The Hall–Kier alpha value is -0.570. The molecule has 1 saturated heterocycles. The van der Waals surface area contributed by atoms with E-state index in [1.54, 1.807) is 6.92 Å². The van der Waals surface area contributed by atoms with Crippen molar-refractivity contribution >= 4 is 5.91 Å². The van der Waals surface area contributed by atoms with E-state index in [0.717, 1.165) is 31.3 Å². The van der Waals surface area contributed by atoms with Crippen LogP contribution in [0.4, 0.5) is 0 Å². The molecule has 0 spiro atoms. The van der Waals surface area contributed by atoms with Crippen molar-refractivity contribution < 1.29 is 4.79 Å². The van der Waals surface area contributed by atoms with Crippen LogP contribution in [0.1, 0.15) is 53.9 Å². The molecule has 1 N–H and O–H groups in total. The lowest BCUT2D eigenvalue weighted by Gasteiger charge is -2.33. The minimum Gasteiger partial charge on any atom is -0.356 e. The second kappa shape index (κ2) is 10.4. The van der Waals surface area contributed by atoms with E-state index in [1.807, 2.05) is 13.8 Å². The molecule has 0 radical (unpaired) electrons. The maximum Gasteiger partial charge on any atom is 0.216 e. The van der Waals surface area contributed by atoms with Crippen LogP contribution >= 0.6 is 0 Å². The van der Waals surface area contributed by atoms with Gasteiger partial charge in [-0.1, -0.05) is 27.7 Å². The third-order valence-corrected chi connectivity index (χ3v) is 3.60. The van der Waals surface area contributed by atoms with Crippen molar-refractivity contribution in [3.63, 3.8) is 0 Å². The van der Waals surface area contributed by atoms with Gasteiger partial charge in [0.15, 0.2) is 0 Å². The Morgan fingerprint density at radius 1 is 1.28 bits per heavy atom. The van der Waals surface area contributed by atoms with Crippen molar-refractivity contribution in [1.82, 2.24) is 10.2 Å². The van der Waals surface area contributed by atoms with Gasteiger partial charge in [0.1, 0.15) is 0 Å². The largest absolute Gasteiger partial charge is 0.356 e. The zero-order valence-electron chi connectivity index (χ0n) is 13.0. The van der Waals surface area contributed by atoms with Crippen molar-refractivity contribution in [2.45, 2.75) is 53.9 Å². The highest BCUT2D eigenvalue weighted by atomic mass is 16.1. The number of carbonyl (C=O) groups excluding carboxylic acids is 1. The highest BCUT2D eigenvalue weighted by Gasteiger charge is 2.20. The molecule has 0 aliphatic carbocycles. The molecular formula is C15H32N2O. The molecule has 108 valence electrons. The van der Waals surface area contributed by atoms with Crippen LogP contribution in [0, 0.1) is 11.8 Å². The van der Waals surface area contributed by atoms with Crippen LogP contribution in [0.3, 0.4) is 0 Å². The summed E-state index contributed by atoms with van der Waals surface area (Å²) in [6, 6.07) is 0. The van der Waals surface area contributed by atoms with Crippen molar-refractivity contribution in [3.8, 4) is 0 Å². The summed E-state index contributed by atoms with van der Waals surface area (Å²) in [6.45, 7) is 14.7. The molecule has 0 aromatic rings. The van der Waals surface area contributed by atoms with Gasteiger partial charge in [-0.3, -0.25) is 4.79 Å². The number of nitrogens with zero attached hydrogens (tertiary/aromatic N) is 1. The Morgan fingerprint density at radius 2 is 1.83 bits per heavy atom. The minimum atomic E-state index is 0.0820. The van der Waals surface area contributed by atoms with Crippen molar-refractivity contribution in [2.75, 3.05) is 26.2 Å². The summed E-state index contributed by atoms with van der Waals surface area (Å²) >= 11 is 0. The van der Waals surface area contributed by atoms with Crippen LogP contribution in [0.15, 0.2) is 0 Å². The number of amides is 1. The molecule has 18 heavy (non-hydrogen) atoms. The maximum absolute atomic E-state index is 10.7. The van der Waals surface area contributed by atoms with Crippen LogP contribution in [0.5, 0.6) is 0 Å². The van der Waals surface area contributed by atoms with Gasteiger partial charge in [0.05, 0.1) is 0 Å². The van der Waals surface area contributed by atoms with Gasteiger partial charge in [-0.15, -0.1) is 0 Å². The van der Waals surface area contributed by atoms with Gasteiger partial charge in [-0.05, 0) is 50.7 Å². The Bertz CT molecular complexity index is 209. The first kappa shape index (κ1) is 17.4. The van der Waals surface area contributed by atoms with Crippen molar-refractivity contribution in [3.05, 3.63) is 0 Å². The van der Waals surface area contributed by atoms with Gasteiger partial charge in [0.25, 0.3) is 0 Å². The fraction of sp³-hybridized carbons (Fsp3) is 0.933. The number of piperidine rings is 1. The summed E-state index contributed by atoms with van der Waals surface area (Å²) in [5.41, 5.74) is 0. The van der Waals surface area contributed by atoms with E-state index in [9.17, 15) is 4.79 Å². The number of rotatable bonds is 5. The van der Waals surface area contributed by atoms with Gasteiger partial charge in [0.2, 0.25) is 5.91 Å². The molecule has 0 saturated carbocycles. The molecule has 1 aliphatic rings. The SMILES string of the molecule is CC.CC(=O)NCCCN1CCC(C(C)C)CC1. The number of hydrogen-bond donors (Lipinski definition) is 1. The van der Waals surface area contributed by atoms with E-state index >= 15 is 0 Å². The Balaban J connectivity index is 0.00000137. The van der Waals surface area contributed by atoms with Crippen LogP contribution in [0.25, 0.3) is 0 Å². The summed E-state index contributed by atoms with van der Waals surface area (Å²) in [5.74, 6) is 1.84. The quantitative estimate of drug-likeness (QED) is 0.767. The maximum atomic E-state index is 10.7. The van der Waals surface area contributed by atoms with E-state index in [2.05, 4.69) is 24.1 Å². The zero-order chi connectivity index (χ0) is 14.0. The van der Waals surface area contributed by atoms with Gasteiger partial charge in [0, 0.05) is 13.5 Å². The molecule has 1 fully saturated rings. The third kappa shape index (κ3) is 7.70. The second-order valence-electron chi connectivity index (χ2n) is 5.26. The minimum absolute atomic E-state index is 0.0820. The van der Waals surface area contributed by atoms with Crippen molar-refractivity contribution in [2.24, 2.45) is 11.8 Å². The third-order valence-electron chi connectivity index (χ3n) is 3.60. The van der Waals surface area contributed by atoms with E-state index in [4.69, 9.17) is 0 Å². The standard InChI is InChI=1S/C13H26N2O.C2H6/c1-11(2)13-5-9-15(10-6-13)8-4-7-14-12(3)16;1-2/h11,13H,4-10H2,1-3H3,(H,14,16);1-2H3. The summed E-state index contributed by atoms with van der Waals surface area (Å²) in [5, 5.41) is 2.85. The highest BCUT2D eigenvalue weighted by molar-refractivity contribution is 5.72. The molecule has 0 aromatic heterocycles. The molecule has 0 unspecified atom stereocenters. The number of hydrogen-bond acceptors (Lipinski definition) is 2. The van der Waals surface area contributed by atoms with Crippen LogP contribution in [-0.4, -0.2) is 37.0 Å². The number of nitrogens with one attached hydrogen (secondary N) is 1. The number of carbonyl (C=O) groups is 1. The summed E-state index contributed by atoms with van der Waals surface area (Å²) in [6.07, 6.45) is 3.77. The predicted octanol–water partition coefficient (Wildman–Crippen LogP) is 2.91. The summed E-state index contributed by atoms with van der Waals surface area (Å²) in [4.78, 5) is 13.2. The molecule has 0 bridgehead atoms. The van der Waals surface area contributed by atoms with Gasteiger partial charge < -0.3 is 10.2 Å². The first-order chi connectivity index (χ1) is 8.59. The Labute approximate surface area is 113 Å². The summed E-state index contributed by atoms with van der Waals surface area (Å²) in [7, 11) is 0. The molecular weight excluding hydrogens is 224 g/mol. The topological polar surface area (TPSA) is 32.3 Å². The van der Waals surface area contributed by atoms with Crippen molar-refractivity contribution in [1.29, 1.82) is 0 Å². The Kier molecular flexibility index (Phi) is 10.0. The monoisotopic (exact) mass is 256 g/mol. The fourth-order valence-electron chi connectivity index (χ4n) is 2.41. The van der Waals surface area contributed by atoms with Crippen LogP contribution < -0.4 is 5.32 Å². The zero-order valence-corrected chi connectivity index (χ0v) is 13.0. The molecule has 0 atom stereocenters. The van der Waals surface area contributed by atoms with Gasteiger partial charge in [-0.2, -0.15) is 0 Å². The normalized spacial score (nSPS) is 17.2. The lowest BCUT2D eigenvalue weighted by molar-refractivity contribution is -0.118. The van der Waals surface area contributed by atoms with Crippen LogP contribution in [-0.2, 0) is 4.79 Å². The lowest BCUT2D eigenvalue weighted by Crippen LogP contribution is -2.37. The average Bonchev–Trinajstić information content (AvgIpc) is 2.37. The van der Waals surface area contributed by atoms with Gasteiger partial charge in [-0.25, -0.2) is 0 Å². The first-order valence-corrected chi connectivity index (χ1v) is 7.56. The molecule has 0 aromatic carbocycles. The summed E-state index contributed by atoms with van der Waals surface area (Å²) < 4.78 is 0. The van der Waals surface area contributed by atoms with E-state index < -0.39 is 0 Å². The predicted molar refractivity (Wildman–Crippen MR) is 78.7 cm³/mol.